The van der Waals surface area contributed by atoms with Gasteiger partial charge in [-0.2, -0.15) is 0 Å². The van der Waals surface area contributed by atoms with E-state index in [-0.39, 0.29) is 12.1 Å². The van der Waals surface area contributed by atoms with Crippen LogP contribution in [-0.4, -0.2) is 62.0 Å². The van der Waals surface area contributed by atoms with Gasteiger partial charge < -0.3 is 20.5 Å². The number of nitrogens with one attached hydrogen (secondary N) is 1. The summed E-state index contributed by atoms with van der Waals surface area (Å²) < 4.78 is 10.4. The first-order chi connectivity index (χ1) is 9.87. The van der Waals surface area contributed by atoms with Gasteiger partial charge in [0.2, 0.25) is 0 Å². The van der Waals surface area contributed by atoms with E-state index in [0.29, 0.717) is 25.7 Å². The highest BCUT2D eigenvalue weighted by Gasteiger charge is 2.32. The number of alkyl carbamates (subject to hydrolysis) is 1. The van der Waals surface area contributed by atoms with E-state index in [1.165, 1.54) is 12.8 Å². The molecule has 1 unspecified atom stereocenters. The van der Waals surface area contributed by atoms with Crippen LogP contribution in [-0.2, 0) is 9.47 Å². The van der Waals surface area contributed by atoms with Gasteiger partial charge in [0.05, 0.1) is 6.61 Å². The van der Waals surface area contributed by atoms with Crippen LogP contribution in [0.4, 0.5) is 4.79 Å². The molecule has 1 rings (SSSR count). The molecular weight excluding hydrogens is 270 g/mol. The van der Waals surface area contributed by atoms with E-state index in [4.69, 9.17) is 15.2 Å². The Balaban J connectivity index is 2.33. The summed E-state index contributed by atoms with van der Waals surface area (Å²) in [5.41, 5.74) is 5.44. The number of methoxy groups -OCH3 is 1. The van der Waals surface area contributed by atoms with Gasteiger partial charge in [-0.15, -0.1) is 0 Å². The minimum absolute atomic E-state index is 0.280. The lowest BCUT2D eigenvalue weighted by molar-refractivity contribution is 0.0518. The number of ether oxygens (including phenoxy) is 2. The van der Waals surface area contributed by atoms with Crippen LogP contribution in [0.3, 0.4) is 0 Å². The van der Waals surface area contributed by atoms with Crippen LogP contribution < -0.4 is 11.1 Å². The average Bonchev–Trinajstić information content (AvgIpc) is 3.19. The maximum Gasteiger partial charge on any atom is 0.407 e. The molecule has 6 heteroatoms. The summed E-state index contributed by atoms with van der Waals surface area (Å²) in [6.45, 7) is 8.35. The average molecular weight is 301 g/mol. The quantitative estimate of drug-likeness (QED) is 0.672. The molecule has 0 heterocycles. The lowest BCUT2D eigenvalue weighted by Crippen LogP contribution is -2.45. The summed E-state index contributed by atoms with van der Waals surface area (Å²) >= 11 is 0. The van der Waals surface area contributed by atoms with Crippen molar-refractivity contribution in [2.45, 2.75) is 57.7 Å². The lowest BCUT2D eigenvalue weighted by Gasteiger charge is -2.31. The molecule has 0 aromatic carbocycles. The monoisotopic (exact) mass is 301 g/mol. The summed E-state index contributed by atoms with van der Waals surface area (Å²) in [5, 5.41) is 2.80. The Bertz CT molecular complexity index is 314. The smallest absolute Gasteiger partial charge is 0.407 e. The van der Waals surface area contributed by atoms with E-state index in [2.05, 4.69) is 10.2 Å². The molecule has 1 amide bonds. The third-order valence-corrected chi connectivity index (χ3v) is 3.46. The second-order valence-electron chi connectivity index (χ2n) is 6.57. The van der Waals surface area contributed by atoms with E-state index in [9.17, 15) is 4.79 Å². The third-order valence-electron chi connectivity index (χ3n) is 3.46. The van der Waals surface area contributed by atoms with Crippen molar-refractivity contribution in [2.24, 2.45) is 5.73 Å². The maximum atomic E-state index is 11.6. The van der Waals surface area contributed by atoms with Crippen LogP contribution in [0, 0.1) is 0 Å². The predicted octanol–water partition coefficient (Wildman–Crippen LogP) is 1.34. The third kappa shape index (κ3) is 7.64. The maximum absolute atomic E-state index is 11.6. The molecule has 0 aromatic heterocycles. The minimum atomic E-state index is -0.462. The van der Waals surface area contributed by atoms with Crippen molar-refractivity contribution in [3.8, 4) is 0 Å². The zero-order valence-electron chi connectivity index (χ0n) is 13.9. The van der Waals surface area contributed by atoms with Gasteiger partial charge in [-0.3, -0.25) is 4.90 Å². The number of nitrogens with two attached hydrogens (primary N) is 1. The second-order valence-corrected chi connectivity index (χ2v) is 6.57. The van der Waals surface area contributed by atoms with Gasteiger partial charge in [0.25, 0.3) is 0 Å². The molecule has 1 saturated carbocycles. The number of nitrogens with zero attached hydrogens (tertiary/aromatic N) is 1. The SMILES string of the molecule is COCCN(C(CN)CCNC(=O)OC(C)(C)C)C1CC1. The number of hydrogen-bond donors (Lipinski definition) is 2. The van der Waals surface area contributed by atoms with E-state index in [1.807, 2.05) is 20.8 Å². The first kappa shape index (κ1) is 18.2. The normalized spacial score (nSPS) is 16.9. The zero-order valence-corrected chi connectivity index (χ0v) is 13.9. The molecule has 0 spiro atoms. The predicted molar refractivity (Wildman–Crippen MR) is 83.3 cm³/mol. The fraction of sp³-hybridized carbons (Fsp3) is 0.933. The molecule has 0 aliphatic heterocycles. The zero-order chi connectivity index (χ0) is 15.9. The molecule has 0 aromatic rings. The van der Waals surface area contributed by atoms with Crippen molar-refractivity contribution in [1.29, 1.82) is 0 Å². The summed E-state index contributed by atoms with van der Waals surface area (Å²) in [7, 11) is 1.71. The van der Waals surface area contributed by atoms with Crippen LogP contribution in [0.15, 0.2) is 0 Å². The van der Waals surface area contributed by atoms with Crippen molar-refractivity contribution >= 4 is 6.09 Å². The Morgan fingerprint density at radius 1 is 1.43 bits per heavy atom. The van der Waals surface area contributed by atoms with Crippen molar-refractivity contribution in [1.82, 2.24) is 10.2 Å². The first-order valence-electron chi connectivity index (χ1n) is 7.79. The minimum Gasteiger partial charge on any atom is -0.444 e. The molecule has 1 fully saturated rings. The topological polar surface area (TPSA) is 76.8 Å². The lowest BCUT2D eigenvalue weighted by atomic mass is 10.1. The van der Waals surface area contributed by atoms with Crippen LogP contribution in [0.1, 0.15) is 40.0 Å². The molecule has 1 aliphatic rings. The highest BCUT2D eigenvalue weighted by molar-refractivity contribution is 5.67. The highest BCUT2D eigenvalue weighted by atomic mass is 16.6. The van der Waals surface area contributed by atoms with Crippen LogP contribution in [0.25, 0.3) is 0 Å². The van der Waals surface area contributed by atoms with Crippen LogP contribution in [0.2, 0.25) is 0 Å². The van der Waals surface area contributed by atoms with Crippen molar-refractivity contribution in [2.75, 3.05) is 33.4 Å². The van der Waals surface area contributed by atoms with E-state index in [1.54, 1.807) is 7.11 Å². The molecule has 0 bridgehead atoms. The van der Waals surface area contributed by atoms with Gasteiger partial charge in [0.1, 0.15) is 5.60 Å². The van der Waals surface area contributed by atoms with Crippen molar-refractivity contribution < 1.29 is 14.3 Å². The van der Waals surface area contributed by atoms with Crippen molar-refractivity contribution in [3.63, 3.8) is 0 Å². The Hall–Kier alpha value is -0.850. The molecule has 21 heavy (non-hydrogen) atoms. The van der Waals surface area contributed by atoms with E-state index >= 15 is 0 Å². The van der Waals surface area contributed by atoms with E-state index in [0.717, 1.165) is 13.0 Å². The van der Waals surface area contributed by atoms with E-state index < -0.39 is 5.60 Å². The van der Waals surface area contributed by atoms with Gasteiger partial charge in [-0.1, -0.05) is 0 Å². The molecule has 0 radical (unpaired) electrons. The van der Waals surface area contributed by atoms with Gasteiger partial charge in [-0.05, 0) is 40.0 Å². The Morgan fingerprint density at radius 3 is 2.57 bits per heavy atom. The molecule has 124 valence electrons. The highest BCUT2D eigenvalue weighted by Crippen LogP contribution is 2.28. The molecule has 1 aliphatic carbocycles. The fourth-order valence-corrected chi connectivity index (χ4v) is 2.34. The molecule has 0 saturated heterocycles. The summed E-state index contributed by atoms with van der Waals surface area (Å²) in [6, 6.07) is 0.915. The number of carbonyl (C=O) groups is 1. The first-order valence-corrected chi connectivity index (χ1v) is 7.79. The van der Waals surface area contributed by atoms with Gasteiger partial charge in [-0.25, -0.2) is 4.79 Å². The Kier molecular flexibility index (Phi) is 7.42. The standard InChI is InChI=1S/C15H31N3O3/c1-15(2,3)21-14(19)17-8-7-13(11-16)18(9-10-20-4)12-5-6-12/h12-13H,5-11,16H2,1-4H3,(H,17,19). The summed E-state index contributed by atoms with van der Waals surface area (Å²) in [4.78, 5) is 14.0. The Morgan fingerprint density at radius 2 is 2.10 bits per heavy atom. The van der Waals surface area contributed by atoms with Gasteiger partial charge in [0, 0.05) is 38.8 Å². The molecule has 6 nitrogen and oxygen atoms in total. The number of rotatable bonds is 9. The number of amides is 1. The molecule has 1 atom stereocenters. The molecule has 3 N–H and O–H groups in total. The van der Waals surface area contributed by atoms with Crippen LogP contribution in [0.5, 0.6) is 0 Å². The van der Waals surface area contributed by atoms with Gasteiger partial charge in [0.15, 0.2) is 0 Å². The van der Waals surface area contributed by atoms with Gasteiger partial charge >= 0.3 is 6.09 Å². The fourth-order valence-electron chi connectivity index (χ4n) is 2.34. The summed E-state index contributed by atoms with van der Waals surface area (Å²) in [5.74, 6) is 0. The second kappa shape index (κ2) is 8.56. The Labute approximate surface area is 128 Å². The van der Waals surface area contributed by atoms with Crippen molar-refractivity contribution in [3.05, 3.63) is 0 Å². The largest absolute Gasteiger partial charge is 0.444 e. The molecular formula is C15H31N3O3. The number of hydrogen-bond acceptors (Lipinski definition) is 5. The van der Waals surface area contributed by atoms with Crippen LogP contribution >= 0.6 is 0 Å². The number of carbonyl (C=O) groups excluding carboxylic acids is 1. The summed E-state index contributed by atoms with van der Waals surface area (Å²) in [6.07, 6.45) is 2.93.